The number of nitrogens with one attached hydrogen (secondary N) is 1. The lowest BCUT2D eigenvalue weighted by molar-refractivity contribution is 0.962. The van der Waals surface area contributed by atoms with Gasteiger partial charge in [0.25, 0.3) is 0 Å². The predicted molar refractivity (Wildman–Crippen MR) is 35.5 cm³/mol. The average molecular weight is 121 g/mol. The molecule has 1 N–H and O–H groups in total. The summed E-state index contributed by atoms with van der Waals surface area (Å²) >= 11 is 8.44. The molecule has 0 aromatic heterocycles. The molecular formula is C3H7NS2. The lowest BCUT2D eigenvalue weighted by Crippen LogP contribution is -2.11. The molecule has 0 heterocycles. The van der Waals surface area contributed by atoms with Crippen LogP contribution in [0.4, 0.5) is 0 Å². The van der Waals surface area contributed by atoms with Crippen molar-refractivity contribution < 1.29 is 0 Å². The summed E-state index contributed by atoms with van der Waals surface area (Å²) in [5.74, 6) is 0. The Balaban J connectivity index is 2.83. The maximum atomic E-state index is 4.60. The van der Waals surface area contributed by atoms with Gasteiger partial charge in [-0.2, -0.15) is 0 Å². The van der Waals surface area contributed by atoms with E-state index in [4.69, 9.17) is 0 Å². The first-order chi connectivity index (χ1) is 2.77. The number of thiocarbonyl (C=S) groups is 1. The summed E-state index contributed by atoms with van der Waals surface area (Å²) in [6.07, 6.45) is 0. The van der Waals surface area contributed by atoms with Crippen molar-refractivity contribution in [2.75, 3.05) is 13.6 Å². The molecule has 0 aliphatic carbocycles. The van der Waals surface area contributed by atoms with Gasteiger partial charge in [-0.1, -0.05) is 12.2 Å². The van der Waals surface area contributed by atoms with Crippen molar-refractivity contribution in [3.63, 3.8) is 0 Å². The summed E-state index contributed by atoms with van der Waals surface area (Å²) in [6.45, 7) is 0.721. The SMILES string of the molecule is CNCC(=S)S. The third-order valence-corrected chi connectivity index (χ3v) is 0.630. The van der Waals surface area contributed by atoms with Crippen LogP contribution < -0.4 is 5.32 Å². The van der Waals surface area contributed by atoms with Gasteiger partial charge in [-0.05, 0) is 7.05 Å². The topological polar surface area (TPSA) is 12.0 Å². The second-order valence-electron chi connectivity index (χ2n) is 0.924. The Hall–Kier alpha value is 0.400. The molecule has 0 saturated carbocycles. The Kier molecular flexibility index (Phi) is 3.82. The molecule has 0 amide bonds. The number of rotatable bonds is 2. The molecule has 6 heavy (non-hydrogen) atoms. The fourth-order valence-corrected chi connectivity index (χ4v) is 0.454. The monoisotopic (exact) mass is 121 g/mol. The largest absolute Gasteiger partial charge is 0.314 e. The van der Waals surface area contributed by atoms with Crippen molar-refractivity contribution in [3.05, 3.63) is 0 Å². The first-order valence-electron chi connectivity index (χ1n) is 1.63. The van der Waals surface area contributed by atoms with Crippen LogP contribution >= 0.6 is 24.8 Å². The molecule has 0 atom stereocenters. The third-order valence-electron chi connectivity index (χ3n) is 0.328. The zero-order valence-corrected chi connectivity index (χ0v) is 5.27. The highest BCUT2D eigenvalue weighted by Gasteiger charge is 1.78. The summed E-state index contributed by atoms with van der Waals surface area (Å²) in [4.78, 5) is 0. The fraction of sp³-hybridized carbons (Fsp3) is 0.667. The van der Waals surface area contributed by atoms with Gasteiger partial charge in [0.05, 0.1) is 4.20 Å². The van der Waals surface area contributed by atoms with E-state index >= 15 is 0 Å². The van der Waals surface area contributed by atoms with Crippen LogP contribution in [0.25, 0.3) is 0 Å². The fourth-order valence-electron chi connectivity index (χ4n) is 0.151. The Morgan fingerprint density at radius 1 is 2.00 bits per heavy atom. The van der Waals surface area contributed by atoms with Crippen molar-refractivity contribution in [2.45, 2.75) is 0 Å². The first kappa shape index (κ1) is 6.40. The molecule has 0 unspecified atom stereocenters. The molecule has 0 aromatic carbocycles. The van der Waals surface area contributed by atoms with Crippen LogP contribution in [-0.2, 0) is 0 Å². The smallest absolute Gasteiger partial charge is 0.0586 e. The molecule has 0 bridgehead atoms. The van der Waals surface area contributed by atoms with Gasteiger partial charge in [0.2, 0.25) is 0 Å². The zero-order valence-electron chi connectivity index (χ0n) is 3.56. The normalized spacial score (nSPS) is 8.33. The number of hydrogen-bond donors (Lipinski definition) is 2. The summed E-state index contributed by atoms with van der Waals surface area (Å²) < 4.78 is 0.706. The van der Waals surface area contributed by atoms with Crippen molar-refractivity contribution in [1.29, 1.82) is 0 Å². The van der Waals surface area contributed by atoms with Crippen molar-refractivity contribution in [2.24, 2.45) is 0 Å². The minimum absolute atomic E-state index is 0.706. The number of hydrogen-bond acceptors (Lipinski definition) is 2. The summed E-state index contributed by atoms with van der Waals surface area (Å²) in [7, 11) is 1.84. The van der Waals surface area contributed by atoms with Gasteiger partial charge in [-0.25, -0.2) is 0 Å². The van der Waals surface area contributed by atoms with E-state index in [1.54, 1.807) is 0 Å². The molecule has 3 heteroatoms. The molecule has 36 valence electrons. The number of thiol groups is 1. The third kappa shape index (κ3) is 4.40. The van der Waals surface area contributed by atoms with E-state index in [-0.39, 0.29) is 0 Å². The van der Waals surface area contributed by atoms with Crippen LogP contribution in [0.1, 0.15) is 0 Å². The van der Waals surface area contributed by atoms with E-state index in [0.717, 1.165) is 6.54 Å². The molecule has 1 nitrogen and oxygen atoms in total. The van der Waals surface area contributed by atoms with E-state index in [1.165, 1.54) is 0 Å². The molecule has 0 saturated heterocycles. The molecule has 0 rings (SSSR count). The highest BCUT2D eigenvalue weighted by atomic mass is 32.1. The van der Waals surface area contributed by atoms with Gasteiger partial charge in [0, 0.05) is 6.54 Å². The molecule has 0 aliphatic heterocycles. The predicted octanol–water partition coefficient (Wildman–Crippen LogP) is 0.463. The Morgan fingerprint density at radius 3 is 2.50 bits per heavy atom. The maximum Gasteiger partial charge on any atom is 0.0586 e. The van der Waals surface area contributed by atoms with Gasteiger partial charge in [-0.3, -0.25) is 0 Å². The van der Waals surface area contributed by atoms with E-state index in [2.05, 4.69) is 30.2 Å². The van der Waals surface area contributed by atoms with Crippen molar-refractivity contribution in [1.82, 2.24) is 5.32 Å². The van der Waals surface area contributed by atoms with E-state index in [9.17, 15) is 0 Å². The van der Waals surface area contributed by atoms with Crippen molar-refractivity contribution >= 4 is 29.0 Å². The molecule has 0 spiro atoms. The first-order valence-corrected chi connectivity index (χ1v) is 2.49. The average Bonchev–Trinajstić information content (AvgIpc) is 1.35. The Bertz CT molecular complexity index is 52.8. The zero-order chi connectivity index (χ0) is 4.99. The van der Waals surface area contributed by atoms with Crippen LogP contribution in [0.3, 0.4) is 0 Å². The van der Waals surface area contributed by atoms with Gasteiger partial charge in [-0.15, -0.1) is 12.6 Å². The van der Waals surface area contributed by atoms with Crippen LogP contribution in [0.5, 0.6) is 0 Å². The van der Waals surface area contributed by atoms with E-state index in [0.29, 0.717) is 4.20 Å². The van der Waals surface area contributed by atoms with Gasteiger partial charge in [0.1, 0.15) is 0 Å². The van der Waals surface area contributed by atoms with Gasteiger partial charge in [0.15, 0.2) is 0 Å². The molecule has 0 radical (unpaired) electrons. The second-order valence-corrected chi connectivity index (χ2v) is 2.26. The molecule has 0 aliphatic rings. The van der Waals surface area contributed by atoms with E-state index in [1.807, 2.05) is 7.05 Å². The minimum Gasteiger partial charge on any atom is -0.314 e. The van der Waals surface area contributed by atoms with Crippen LogP contribution in [0.2, 0.25) is 0 Å². The standard InChI is InChI=1S/C3H7NS2/c1-4-2-3(5)6/h4H,2H2,1H3,(H,5,6). The lowest BCUT2D eigenvalue weighted by atomic mass is 10.8. The molecule has 0 fully saturated rings. The highest BCUT2D eigenvalue weighted by Crippen LogP contribution is 1.76. The lowest BCUT2D eigenvalue weighted by Gasteiger charge is -1.87. The summed E-state index contributed by atoms with van der Waals surface area (Å²) in [5.41, 5.74) is 0. The van der Waals surface area contributed by atoms with Crippen LogP contribution in [0, 0.1) is 0 Å². The molecular weight excluding hydrogens is 114 g/mol. The quantitative estimate of drug-likeness (QED) is 0.407. The minimum atomic E-state index is 0.706. The summed E-state index contributed by atoms with van der Waals surface area (Å²) in [6, 6.07) is 0. The van der Waals surface area contributed by atoms with Crippen molar-refractivity contribution in [3.8, 4) is 0 Å². The van der Waals surface area contributed by atoms with Gasteiger partial charge >= 0.3 is 0 Å². The maximum absolute atomic E-state index is 4.60. The van der Waals surface area contributed by atoms with E-state index < -0.39 is 0 Å². The Labute approximate surface area is 48.5 Å². The highest BCUT2D eigenvalue weighted by molar-refractivity contribution is 8.11. The second kappa shape index (κ2) is 3.59. The molecule has 0 aromatic rings. The van der Waals surface area contributed by atoms with Crippen LogP contribution in [0.15, 0.2) is 0 Å². The van der Waals surface area contributed by atoms with Gasteiger partial charge < -0.3 is 5.32 Å². The van der Waals surface area contributed by atoms with Crippen LogP contribution in [-0.4, -0.2) is 17.8 Å². The Morgan fingerprint density at radius 2 is 2.50 bits per heavy atom. The summed E-state index contributed by atoms with van der Waals surface area (Å²) in [5, 5.41) is 2.85.